The van der Waals surface area contributed by atoms with Crippen molar-refractivity contribution in [2.24, 2.45) is 0 Å². The second kappa shape index (κ2) is 9.50. The van der Waals surface area contributed by atoms with E-state index in [0.717, 1.165) is 26.7 Å². The van der Waals surface area contributed by atoms with Gasteiger partial charge in [-0.25, -0.2) is 14.5 Å². The Morgan fingerprint density at radius 1 is 0.971 bits per heavy atom. The molecule has 0 fully saturated rings. The average Bonchev–Trinajstić information content (AvgIpc) is 3.37. The van der Waals surface area contributed by atoms with Gasteiger partial charge in [0.1, 0.15) is 5.01 Å². The van der Waals surface area contributed by atoms with Crippen molar-refractivity contribution in [2.45, 2.75) is 31.9 Å². The molecule has 0 radical (unpaired) electrons. The summed E-state index contributed by atoms with van der Waals surface area (Å²) < 4.78 is 80.5. The van der Waals surface area contributed by atoms with Crippen LogP contribution in [-0.4, -0.2) is 25.5 Å². The van der Waals surface area contributed by atoms with Crippen LogP contribution in [0.5, 0.6) is 0 Å². The number of rotatable bonds is 6. The third-order valence-electron chi connectivity index (χ3n) is 4.97. The van der Waals surface area contributed by atoms with Crippen molar-refractivity contribution in [3.63, 3.8) is 0 Å². The van der Waals surface area contributed by atoms with Crippen LogP contribution in [-0.2, 0) is 19.3 Å². The Hall–Kier alpha value is -3.12. The molecule has 0 aliphatic rings. The molecule has 5 nitrogen and oxygen atoms in total. The normalized spacial score (nSPS) is 12.3. The second-order valence-corrected chi connectivity index (χ2v) is 9.01. The van der Waals surface area contributed by atoms with Crippen molar-refractivity contribution in [1.29, 1.82) is 0 Å². The first-order valence-corrected chi connectivity index (χ1v) is 11.2. The van der Waals surface area contributed by atoms with E-state index in [-0.39, 0.29) is 22.9 Å². The van der Waals surface area contributed by atoms with Crippen molar-refractivity contribution >= 4 is 22.9 Å². The third kappa shape index (κ3) is 5.76. The smallest absolute Gasteiger partial charge is 0.275 e. The average molecular weight is 533 g/mol. The SMILES string of the molecule is O=c1n(Cc2cnc(-c3ccccc3C(F)(F)F)s2)nc(-c2ccc(Cl)cc2)n1CCC(F)(F)F. The molecule has 0 amide bonds. The first kappa shape index (κ1) is 25.0. The lowest BCUT2D eigenvalue weighted by Gasteiger charge is -2.10. The summed E-state index contributed by atoms with van der Waals surface area (Å²) >= 11 is 6.81. The Balaban J connectivity index is 1.69. The van der Waals surface area contributed by atoms with E-state index in [1.165, 1.54) is 48.7 Å². The van der Waals surface area contributed by atoms with Gasteiger partial charge in [0.25, 0.3) is 0 Å². The van der Waals surface area contributed by atoms with E-state index < -0.39 is 36.6 Å². The van der Waals surface area contributed by atoms with E-state index in [4.69, 9.17) is 11.6 Å². The fraction of sp³-hybridized carbons (Fsp3) is 0.227. The van der Waals surface area contributed by atoms with Crippen LogP contribution in [0.4, 0.5) is 26.3 Å². The molecule has 35 heavy (non-hydrogen) atoms. The third-order valence-corrected chi connectivity index (χ3v) is 6.23. The summed E-state index contributed by atoms with van der Waals surface area (Å²) in [5.74, 6) is 0.0167. The molecule has 2 aromatic heterocycles. The molecule has 2 aromatic carbocycles. The molecule has 4 aromatic rings. The van der Waals surface area contributed by atoms with Crippen LogP contribution >= 0.6 is 22.9 Å². The van der Waals surface area contributed by atoms with Crippen LogP contribution in [0.1, 0.15) is 16.9 Å². The number of hydrogen-bond donors (Lipinski definition) is 0. The lowest BCUT2D eigenvalue weighted by atomic mass is 10.1. The van der Waals surface area contributed by atoms with E-state index in [2.05, 4.69) is 10.1 Å². The lowest BCUT2D eigenvalue weighted by molar-refractivity contribution is -0.137. The number of thiazole rings is 1. The Morgan fingerprint density at radius 2 is 1.66 bits per heavy atom. The van der Waals surface area contributed by atoms with Gasteiger partial charge in [-0.2, -0.15) is 26.3 Å². The van der Waals surface area contributed by atoms with Gasteiger partial charge in [0, 0.05) is 33.8 Å². The zero-order valence-electron chi connectivity index (χ0n) is 17.6. The summed E-state index contributed by atoms with van der Waals surface area (Å²) in [6.45, 7) is -0.822. The fourth-order valence-corrected chi connectivity index (χ4v) is 4.43. The summed E-state index contributed by atoms with van der Waals surface area (Å²) in [4.78, 5) is 17.4. The molecule has 2 heterocycles. The number of nitrogens with zero attached hydrogens (tertiary/aromatic N) is 4. The van der Waals surface area contributed by atoms with Crippen molar-refractivity contribution in [1.82, 2.24) is 19.3 Å². The van der Waals surface area contributed by atoms with Crippen molar-refractivity contribution in [2.75, 3.05) is 0 Å². The molecule has 4 rings (SSSR count). The molecular formula is C22H15ClF6N4OS. The number of aromatic nitrogens is 4. The van der Waals surface area contributed by atoms with Gasteiger partial charge < -0.3 is 0 Å². The summed E-state index contributed by atoms with van der Waals surface area (Å²) in [5.41, 5.74) is -1.36. The molecule has 0 saturated heterocycles. The Bertz CT molecular complexity index is 1390. The standard InChI is InChI=1S/C22H15ClF6N4OS/c23-14-7-5-13(6-8-14)18-31-33(20(34)32(18)10-9-21(24,25)26)12-15-11-30-19(35-15)16-3-1-2-4-17(16)22(27,28)29/h1-8,11H,9-10,12H2. The topological polar surface area (TPSA) is 52.7 Å². The maximum atomic E-state index is 13.4. The van der Waals surface area contributed by atoms with Crippen molar-refractivity contribution < 1.29 is 26.3 Å². The molecule has 0 saturated carbocycles. The molecule has 0 bridgehead atoms. The predicted molar refractivity (Wildman–Crippen MR) is 119 cm³/mol. The molecular weight excluding hydrogens is 518 g/mol. The highest BCUT2D eigenvalue weighted by atomic mass is 35.5. The minimum atomic E-state index is -4.58. The Kier molecular flexibility index (Phi) is 6.78. The van der Waals surface area contributed by atoms with Gasteiger partial charge in [-0.1, -0.05) is 29.8 Å². The maximum absolute atomic E-state index is 13.4. The maximum Gasteiger partial charge on any atom is 0.417 e. The van der Waals surface area contributed by atoms with Gasteiger partial charge in [0.15, 0.2) is 5.82 Å². The van der Waals surface area contributed by atoms with Gasteiger partial charge in [-0.15, -0.1) is 16.4 Å². The van der Waals surface area contributed by atoms with Gasteiger partial charge >= 0.3 is 18.0 Å². The monoisotopic (exact) mass is 532 g/mol. The molecule has 0 spiro atoms. The molecule has 0 N–H and O–H groups in total. The highest BCUT2D eigenvalue weighted by Gasteiger charge is 2.34. The first-order chi connectivity index (χ1) is 16.4. The molecule has 0 aliphatic heterocycles. The van der Waals surface area contributed by atoms with E-state index in [0.29, 0.717) is 15.5 Å². The van der Waals surface area contributed by atoms with Crippen LogP contribution in [0.25, 0.3) is 22.0 Å². The van der Waals surface area contributed by atoms with Crippen LogP contribution < -0.4 is 5.69 Å². The number of benzene rings is 2. The Morgan fingerprint density at radius 3 is 2.31 bits per heavy atom. The minimum absolute atomic E-state index is 0.0167. The van der Waals surface area contributed by atoms with Crippen LogP contribution in [0.15, 0.2) is 59.5 Å². The minimum Gasteiger partial charge on any atom is -0.275 e. The summed E-state index contributed by atoms with van der Waals surface area (Å²) in [5, 5.41) is 4.69. The van der Waals surface area contributed by atoms with Crippen LogP contribution in [0.2, 0.25) is 5.02 Å². The second-order valence-electron chi connectivity index (χ2n) is 7.46. The van der Waals surface area contributed by atoms with E-state index in [1.807, 2.05) is 0 Å². The van der Waals surface area contributed by atoms with Crippen molar-refractivity contribution in [3.05, 3.63) is 80.7 Å². The zero-order chi connectivity index (χ0) is 25.4. The quantitative estimate of drug-likeness (QED) is 0.266. The summed E-state index contributed by atoms with van der Waals surface area (Å²) in [6, 6.07) is 11.0. The zero-order valence-corrected chi connectivity index (χ0v) is 19.1. The number of halogens is 7. The molecule has 0 atom stereocenters. The van der Waals surface area contributed by atoms with Gasteiger partial charge in [-0.05, 0) is 30.3 Å². The fourth-order valence-electron chi connectivity index (χ4n) is 3.37. The van der Waals surface area contributed by atoms with Crippen LogP contribution in [0.3, 0.4) is 0 Å². The van der Waals surface area contributed by atoms with Gasteiger partial charge in [0.2, 0.25) is 0 Å². The van der Waals surface area contributed by atoms with Crippen molar-refractivity contribution in [3.8, 4) is 22.0 Å². The van der Waals surface area contributed by atoms with E-state index >= 15 is 0 Å². The highest BCUT2D eigenvalue weighted by molar-refractivity contribution is 7.15. The van der Waals surface area contributed by atoms with Gasteiger partial charge in [-0.3, -0.25) is 4.57 Å². The first-order valence-electron chi connectivity index (χ1n) is 10.0. The summed E-state index contributed by atoms with van der Waals surface area (Å²) in [7, 11) is 0. The van der Waals surface area contributed by atoms with E-state index in [1.54, 1.807) is 0 Å². The van der Waals surface area contributed by atoms with Gasteiger partial charge in [0.05, 0.1) is 18.5 Å². The summed E-state index contributed by atoms with van der Waals surface area (Å²) in [6.07, 6.45) is -8.99. The molecule has 0 aliphatic carbocycles. The molecule has 184 valence electrons. The largest absolute Gasteiger partial charge is 0.417 e. The lowest BCUT2D eigenvalue weighted by Crippen LogP contribution is -2.27. The number of alkyl halides is 6. The predicted octanol–water partition coefficient (Wildman–Crippen LogP) is 6.51. The highest BCUT2D eigenvalue weighted by Crippen LogP contribution is 2.38. The molecule has 13 heteroatoms. The van der Waals surface area contributed by atoms with Crippen LogP contribution in [0, 0.1) is 0 Å². The molecule has 0 unspecified atom stereocenters. The number of hydrogen-bond acceptors (Lipinski definition) is 4. The Labute approximate surface area is 203 Å². The van der Waals surface area contributed by atoms with E-state index in [9.17, 15) is 31.1 Å².